The Hall–Kier alpha value is -1.36. The zero-order valence-corrected chi connectivity index (χ0v) is 10.3. The molecular formula is C11H21N3O2. The van der Waals surface area contributed by atoms with Crippen LogP contribution in [0.5, 0.6) is 0 Å². The number of carbonyl (C=O) groups excluding carboxylic acids is 1. The maximum atomic E-state index is 11.3. The van der Waals surface area contributed by atoms with Crippen LogP contribution < -0.4 is 11.5 Å². The molecule has 0 aliphatic carbocycles. The first-order valence-corrected chi connectivity index (χ1v) is 5.23. The second-order valence-corrected chi connectivity index (χ2v) is 4.67. The van der Waals surface area contributed by atoms with Gasteiger partial charge in [0.1, 0.15) is 11.6 Å². The largest absolute Gasteiger partial charge is 0.512 e. The van der Waals surface area contributed by atoms with Crippen LogP contribution in [0.1, 0.15) is 34.1 Å². The normalized spacial score (nSPS) is 16.1. The molecule has 0 aromatic heterocycles. The third-order valence-corrected chi connectivity index (χ3v) is 2.05. The first kappa shape index (κ1) is 14.6. The number of rotatable bonds is 3. The Balaban J connectivity index is 4.76. The summed E-state index contributed by atoms with van der Waals surface area (Å²) in [5.74, 6) is -0.425. The minimum Gasteiger partial charge on any atom is -0.512 e. The van der Waals surface area contributed by atoms with Crippen LogP contribution in [0.25, 0.3) is 0 Å². The minimum absolute atomic E-state index is 0.0266. The third-order valence-electron chi connectivity index (χ3n) is 2.05. The molecule has 0 saturated carbocycles. The van der Waals surface area contributed by atoms with Gasteiger partial charge in [-0.05, 0) is 6.42 Å². The van der Waals surface area contributed by atoms with Crippen LogP contribution in [-0.2, 0) is 4.79 Å². The lowest BCUT2D eigenvalue weighted by atomic mass is 9.93. The maximum Gasteiger partial charge on any atom is 0.264 e. The van der Waals surface area contributed by atoms with Crippen molar-refractivity contribution in [1.29, 1.82) is 0 Å². The number of nitrogens with two attached hydrogens (primary N) is 2. The molecule has 0 radical (unpaired) electrons. The minimum atomic E-state index is -0.635. The van der Waals surface area contributed by atoms with Crippen LogP contribution >= 0.6 is 0 Å². The van der Waals surface area contributed by atoms with Crippen LogP contribution in [0.15, 0.2) is 16.8 Å². The van der Waals surface area contributed by atoms with Gasteiger partial charge in [-0.15, -0.1) is 0 Å². The number of allylic oxidation sites excluding steroid dienone is 1. The van der Waals surface area contributed by atoms with Crippen molar-refractivity contribution in [2.45, 2.75) is 40.2 Å². The maximum absolute atomic E-state index is 11.3. The van der Waals surface area contributed by atoms with E-state index in [0.717, 1.165) is 0 Å². The summed E-state index contributed by atoms with van der Waals surface area (Å²) in [6.07, 6.45) is 1.78. The SMILES string of the molecule is CC[C@H](N)C(=O)N=C(N)/C=C(\O)C(C)(C)C. The number of hydrogen-bond acceptors (Lipinski definition) is 3. The predicted octanol–water partition coefficient (Wildman–Crippen LogP) is 1.10. The molecule has 0 heterocycles. The molecular weight excluding hydrogens is 206 g/mol. The van der Waals surface area contributed by atoms with Gasteiger partial charge in [-0.1, -0.05) is 27.7 Å². The Bertz CT molecular complexity index is 314. The van der Waals surface area contributed by atoms with Gasteiger partial charge in [0.15, 0.2) is 0 Å². The molecule has 1 atom stereocenters. The van der Waals surface area contributed by atoms with Crippen LogP contribution in [0.2, 0.25) is 0 Å². The number of amidine groups is 1. The second-order valence-electron chi connectivity index (χ2n) is 4.67. The average molecular weight is 227 g/mol. The topological polar surface area (TPSA) is 102 Å². The molecule has 0 aromatic rings. The van der Waals surface area contributed by atoms with Crippen LogP contribution in [0.4, 0.5) is 0 Å². The number of aliphatic imine (C=N–C) groups is 1. The highest BCUT2D eigenvalue weighted by molar-refractivity contribution is 6.01. The van der Waals surface area contributed by atoms with Gasteiger partial charge in [0.2, 0.25) is 0 Å². The second kappa shape index (κ2) is 5.65. The summed E-state index contributed by atoms with van der Waals surface area (Å²) in [6, 6.07) is -0.635. The number of carbonyl (C=O) groups is 1. The molecule has 0 aliphatic rings. The van der Waals surface area contributed by atoms with E-state index in [0.29, 0.717) is 6.42 Å². The summed E-state index contributed by atoms with van der Waals surface area (Å²) in [7, 11) is 0. The lowest BCUT2D eigenvalue weighted by Gasteiger charge is -2.16. The lowest BCUT2D eigenvalue weighted by Crippen LogP contribution is -2.30. The van der Waals surface area contributed by atoms with E-state index in [4.69, 9.17) is 11.5 Å². The van der Waals surface area contributed by atoms with Crippen molar-refractivity contribution in [1.82, 2.24) is 0 Å². The Labute approximate surface area is 96.2 Å². The first-order chi connectivity index (χ1) is 7.18. The molecule has 1 amide bonds. The summed E-state index contributed by atoms with van der Waals surface area (Å²) in [6.45, 7) is 7.26. The fourth-order valence-corrected chi connectivity index (χ4v) is 0.774. The van der Waals surface area contributed by atoms with E-state index in [1.165, 1.54) is 6.08 Å². The van der Waals surface area contributed by atoms with Crippen molar-refractivity contribution in [2.24, 2.45) is 21.9 Å². The highest BCUT2D eigenvalue weighted by Gasteiger charge is 2.16. The van der Waals surface area contributed by atoms with E-state index in [1.807, 2.05) is 20.8 Å². The molecule has 16 heavy (non-hydrogen) atoms. The van der Waals surface area contributed by atoms with Crippen LogP contribution in [-0.4, -0.2) is 22.9 Å². The molecule has 0 aromatic carbocycles. The van der Waals surface area contributed by atoms with E-state index in [9.17, 15) is 9.90 Å². The monoisotopic (exact) mass is 227 g/mol. The quantitative estimate of drug-likeness (QED) is 0.381. The van der Waals surface area contributed by atoms with Crippen molar-refractivity contribution in [2.75, 3.05) is 0 Å². The number of aliphatic hydroxyl groups excluding tert-OH is 1. The van der Waals surface area contributed by atoms with Crippen molar-refractivity contribution in [3.63, 3.8) is 0 Å². The van der Waals surface area contributed by atoms with Gasteiger partial charge in [0.05, 0.1) is 6.04 Å². The smallest absolute Gasteiger partial charge is 0.264 e. The van der Waals surface area contributed by atoms with E-state index >= 15 is 0 Å². The molecule has 0 fully saturated rings. The van der Waals surface area contributed by atoms with Gasteiger partial charge in [0, 0.05) is 11.5 Å². The molecule has 0 saturated heterocycles. The molecule has 0 rings (SSSR count). The fraction of sp³-hybridized carbons (Fsp3) is 0.636. The molecule has 5 heteroatoms. The number of aliphatic hydroxyl groups is 1. The van der Waals surface area contributed by atoms with Crippen molar-refractivity contribution in [3.8, 4) is 0 Å². The molecule has 0 aliphatic heterocycles. The number of amides is 1. The number of hydrogen-bond donors (Lipinski definition) is 3. The summed E-state index contributed by atoms with van der Waals surface area (Å²) in [4.78, 5) is 14.9. The highest BCUT2D eigenvalue weighted by atomic mass is 16.3. The van der Waals surface area contributed by atoms with E-state index in [-0.39, 0.29) is 11.6 Å². The number of nitrogens with zero attached hydrogens (tertiary/aromatic N) is 1. The predicted molar refractivity (Wildman–Crippen MR) is 65.1 cm³/mol. The van der Waals surface area contributed by atoms with Gasteiger partial charge in [-0.3, -0.25) is 4.79 Å². The zero-order chi connectivity index (χ0) is 12.9. The van der Waals surface area contributed by atoms with Gasteiger partial charge < -0.3 is 16.6 Å². The van der Waals surface area contributed by atoms with Crippen LogP contribution in [0, 0.1) is 5.41 Å². The first-order valence-electron chi connectivity index (χ1n) is 5.23. The summed E-state index contributed by atoms with van der Waals surface area (Å²) < 4.78 is 0. The van der Waals surface area contributed by atoms with Crippen molar-refractivity contribution < 1.29 is 9.90 Å². The van der Waals surface area contributed by atoms with Crippen molar-refractivity contribution >= 4 is 11.7 Å². The zero-order valence-electron chi connectivity index (χ0n) is 10.3. The fourth-order valence-electron chi connectivity index (χ4n) is 0.774. The summed E-state index contributed by atoms with van der Waals surface area (Å²) >= 11 is 0. The Morgan fingerprint density at radius 2 is 2.00 bits per heavy atom. The molecule has 0 spiro atoms. The summed E-state index contributed by atoms with van der Waals surface area (Å²) in [5.41, 5.74) is 10.6. The third kappa shape index (κ3) is 4.93. The molecule has 0 bridgehead atoms. The van der Waals surface area contributed by atoms with Crippen molar-refractivity contribution in [3.05, 3.63) is 11.8 Å². The molecule has 92 valence electrons. The highest BCUT2D eigenvalue weighted by Crippen LogP contribution is 2.21. The van der Waals surface area contributed by atoms with Gasteiger partial charge in [-0.2, -0.15) is 4.99 Å². The van der Waals surface area contributed by atoms with Gasteiger partial charge in [0.25, 0.3) is 5.91 Å². The Morgan fingerprint density at radius 1 is 1.50 bits per heavy atom. The van der Waals surface area contributed by atoms with Gasteiger partial charge in [-0.25, -0.2) is 0 Å². The van der Waals surface area contributed by atoms with Gasteiger partial charge >= 0.3 is 0 Å². The van der Waals surface area contributed by atoms with E-state index in [2.05, 4.69) is 4.99 Å². The molecule has 5 N–H and O–H groups in total. The molecule has 0 unspecified atom stereocenters. The summed E-state index contributed by atoms with van der Waals surface area (Å²) in [5, 5.41) is 9.62. The standard InChI is InChI=1S/C11H21N3O2/c1-5-7(12)10(16)14-9(13)6-8(15)11(2,3)4/h6-7,15H,5,12H2,1-4H3,(H2,13,14,16)/b8-6-/t7-/m0/s1. The van der Waals surface area contributed by atoms with E-state index < -0.39 is 17.4 Å². The molecule has 5 nitrogen and oxygen atoms in total. The lowest BCUT2D eigenvalue weighted by molar-refractivity contribution is -0.119. The Morgan fingerprint density at radius 3 is 2.38 bits per heavy atom. The van der Waals surface area contributed by atoms with E-state index in [1.54, 1.807) is 6.92 Å². The average Bonchev–Trinajstić information content (AvgIpc) is 2.14. The van der Waals surface area contributed by atoms with Crippen LogP contribution in [0.3, 0.4) is 0 Å². The Kier molecular flexibility index (Phi) is 5.17.